The summed E-state index contributed by atoms with van der Waals surface area (Å²) in [6, 6.07) is 16.3. The highest BCUT2D eigenvalue weighted by Crippen LogP contribution is 2.43. The normalized spacial score (nSPS) is 17.6. The van der Waals surface area contributed by atoms with E-state index < -0.39 is 34.2 Å². The van der Waals surface area contributed by atoms with Gasteiger partial charge in [0.25, 0.3) is 17.4 Å². The topological polar surface area (TPSA) is 101 Å². The molecule has 32 heavy (non-hydrogen) atoms. The van der Waals surface area contributed by atoms with Gasteiger partial charge in [0.2, 0.25) is 0 Å². The van der Waals surface area contributed by atoms with E-state index in [-0.39, 0.29) is 22.4 Å². The van der Waals surface area contributed by atoms with E-state index in [9.17, 15) is 29.2 Å². The van der Waals surface area contributed by atoms with Crippen molar-refractivity contribution >= 4 is 28.8 Å². The van der Waals surface area contributed by atoms with Crippen LogP contribution in [0.3, 0.4) is 0 Å². The van der Waals surface area contributed by atoms with Crippen LogP contribution in [-0.4, -0.2) is 21.7 Å². The molecule has 1 aliphatic rings. The number of halogens is 1. The molecule has 0 spiro atoms. The second kappa shape index (κ2) is 8.07. The zero-order chi connectivity index (χ0) is 23.0. The van der Waals surface area contributed by atoms with Gasteiger partial charge in [-0.2, -0.15) is 0 Å². The molecule has 0 aromatic heterocycles. The van der Waals surface area contributed by atoms with Crippen molar-refractivity contribution < 1.29 is 24.0 Å². The molecule has 1 atom stereocenters. The largest absolute Gasteiger partial charge is 0.507 e. The van der Waals surface area contributed by atoms with Gasteiger partial charge < -0.3 is 5.11 Å². The van der Waals surface area contributed by atoms with Crippen LogP contribution in [0.5, 0.6) is 0 Å². The fourth-order valence-corrected chi connectivity index (χ4v) is 3.83. The Labute approximate surface area is 182 Å². The lowest BCUT2D eigenvalue weighted by atomic mass is 9.94. The molecule has 160 valence electrons. The highest BCUT2D eigenvalue weighted by atomic mass is 19.1. The first kappa shape index (κ1) is 20.9. The summed E-state index contributed by atoms with van der Waals surface area (Å²) in [6.07, 6.45) is 0. The number of ketones is 1. The van der Waals surface area contributed by atoms with Crippen LogP contribution in [0.15, 0.2) is 78.4 Å². The van der Waals surface area contributed by atoms with Crippen molar-refractivity contribution in [3.05, 3.63) is 111 Å². The number of nitro benzene ring substituents is 1. The first-order chi connectivity index (χ1) is 15.3. The van der Waals surface area contributed by atoms with Crippen LogP contribution in [0.1, 0.15) is 22.7 Å². The maximum Gasteiger partial charge on any atom is 0.300 e. The lowest BCUT2D eigenvalue weighted by Gasteiger charge is -2.27. The number of non-ortho nitro benzene ring substituents is 1. The number of anilines is 1. The number of aryl methyl sites for hydroxylation is 1. The Morgan fingerprint density at radius 2 is 1.72 bits per heavy atom. The molecule has 1 heterocycles. The third-order valence-corrected chi connectivity index (χ3v) is 5.35. The van der Waals surface area contributed by atoms with Gasteiger partial charge in [-0.05, 0) is 24.6 Å². The predicted octanol–water partition coefficient (Wildman–Crippen LogP) is 4.67. The van der Waals surface area contributed by atoms with Gasteiger partial charge in [-0.15, -0.1) is 0 Å². The van der Waals surface area contributed by atoms with E-state index in [2.05, 4.69) is 0 Å². The number of amides is 1. The average Bonchev–Trinajstić information content (AvgIpc) is 3.04. The SMILES string of the molecule is Cc1ccccc1N1C(=O)C(=O)/C(=C(/O)c2cccc([N+](=O)[O-])c2)C1c1ccccc1F. The van der Waals surface area contributed by atoms with E-state index in [1.54, 1.807) is 37.3 Å². The second-order valence-electron chi connectivity index (χ2n) is 7.28. The summed E-state index contributed by atoms with van der Waals surface area (Å²) in [7, 11) is 0. The third kappa shape index (κ3) is 3.41. The molecule has 0 bridgehead atoms. The average molecular weight is 432 g/mol. The van der Waals surface area contributed by atoms with Gasteiger partial charge in [0.15, 0.2) is 0 Å². The molecule has 0 aliphatic carbocycles. The van der Waals surface area contributed by atoms with Crippen LogP contribution in [-0.2, 0) is 9.59 Å². The Morgan fingerprint density at radius 1 is 1.03 bits per heavy atom. The fraction of sp³-hybridized carbons (Fsp3) is 0.0833. The molecule has 1 unspecified atom stereocenters. The Morgan fingerprint density at radius 3 is 2.41 bits per heavy atom. The smallest absolute Gasteiger partial charge is 0.300 e. The Kier molecular flexibility index (Phi) is 5.28. The van der Waals surface area contributed by atoms with Crippen LogP contribution in [0.4, 0.5) is 15.8 Å². The van der Waals surface area contributed by atoms with E-state index >= 15 is 0 Å². The zero-order valence-electron chi connectivity index (χ0n) is 16.9. The van der Waals surface area contributed by atoms with Crippen LogP contribution in [0.2, 0.25) is 0 Å². The van der Waals surface area contributed by atoms with Crippen molar-refractivity contribution in [2.24, 2.45) is 0 Å². The molecule has 1 amide bonds. The van der Waals surface area contributed by atoms with Crippen molar-refractivity contribution in [3.63, 3.8) is 0 Å². The summed E-state index contributed by atoms with van der Waals surface area (Å²) in [4.78, 5) is 37.8. The summed E-state index contributed by atoms with van der Waals surface area (Å²) < 4.78 is 14.9. The molecule has 7 nitrogen and oxygen atoms in total. The number of carbonyl (C=O) groups excluding carboxylic acids is 2. The van der Waals surface area contributed by atoms with Gasteiger partial charge in [-0.3, -0.25) is 24.6 Å². The highest BCUT2D eigenvalue weighted by molar-refractivity contribution is 6.51. The maximum absolute atomic E-state index is 14.9. The molecular weight excluding hydrogens is 415 g/mol. The molecule has 0 saturated carbocycles. The monoisotopic (exact) mass is 432 g/mol. The summed E-state index contributed by atoms with van der Waals surface area (Å²) in [6.45, 7) is 1.74. The number of benzene rings is 3. The van der Waals surface area contributed by atoms with E-state index in [1.807, 2.05) is 0 Å². The molecule has 3 aromatic rings. The van der Waals surface area contributed by atoms with Crippen molar-refractivity contribution in [3.8, 4) is 0 Å². The number of Topliss-reactive ketones (excluding diaryl/α,β-unsaturated/α-hetero) is 1. The number of rotatable bonds is 4. The number of hydrogen-bond donors (Lipinski definition) is 1. The van der Waals surface area contributed by atoms with Crippen LogP contribution < -0.4 is 4.90 Å². The van der Waals surface area contributed by atoms with E-state index in [0.29, 0.717) is 11.3 Å². The molecule has 1 aliphatic heterocycles. The van der Waals surface area contributed by atoms with Gasteiger partial charge in [0.1, 0.15) is 11.6 Å². The first-order valence-corrected chi connectivity index (χ1v) is 9.67. The lowest BCUT2D eigenvalue weighted by Crippen LogP contribution is -2.30. The van der Waals surface area contributed by atoms with Gasteiger partial charge in [-0.25, -0.2) is 4.39 Å². The molecular formula is C24H17FN2O5. The van der Waals surface area contributed by atoms with E-state index in [0.717, 1.165) is 11.0 Å². The molecule has 8 heteroatoms. The van der Waals surface area contributed by atoms with Crippen molar-refractivity contribution in [2.45, 2.75) is 13.0 Å². The van der Waals surface area contributed by atoms with Gasteiger partial charge in [-0.1, -0.05) is 48.5 Å². The van der Waals surface area contributed by atoms with Crippen LogP contribution in [0, 0.1) is 22.9 Å². The zero-order valence-corrected chi connectivity index (χ0v) is 16.9. The molecule has 1 N–H and O–H groups in total. The number of para-hydroxylation sites is 1. The minimum atomic E-state index is -1.25. The molecule has 1 saturated heterocycles. The maximum atomic E-state index is 14.9. The molecule has 3 aromatic carbocycles. The van der Waals surface area contributed by atoms with Crippen molar-refractivity contribution in [1.29, 1.82) is 0 Å². The van der Waals surface area contributed by atoms with Gasteiger partial charge in [0.05, 0.1) is 16.5 Å². The molecule has 0 radical (unpaired) electrons. The standard InChI is InChI=1S/C24H17FN2O5/c1-14-7-2-5-12-19(14)26-21(17-10-3-4-11-18(17)25)20(23(29)24(26)30)22(28)15-8-6-9-16(13-15)27(31)32/h2-13,21,28H,1H3/b22-20+. The summed E-state index contributed by atoms with van der Waals surface area (Å²) in [5.41, 5.74) is 0.408. The predicted molar refractivity (Wildman–Crippen MR) is 115 cm³/mol. The van der Waals surface area contributed by atoms with Crippen molar-refractivity contribution in [2.75, 3.05) is 4.90 Å². The van der Waals surface area contributed by atoms with Crippen molar-refractivity contribution in [1.82, 2.24) is 0 Å². The number of hydrogen-bond acceptors (Lipinski definition) is 5. The van der Waals surface area contributed by atoms with Gasteiger partial charge >= 0.3 is 0 Å². The second-order valence-corrected chi connectivity index (χ2v) is 7.28. The Hall–Kier alpha value is -4.33. The third-order valence-electron chi connectivity index (χ3n) is 5.35. The number of nitro groups is 1. The Bertz CT molecular complexity index is 1300. The summed E-state index contributed by atoms with van der Waals surface area (Å²) >= 11 is 0. The number of carbonyl (C=O) groups is 2. The highest BCUT2D eigenvalue weighted by Gasteiger charge is 2.48. The minimum Gasteiger partial charge on any atom is -0.507 e. The number of aliphatic hydroxyl groups excluding tert-OH is 1. The number of nitrogens with zero attached hydrogens (tertiary/aromatic N) is 2. The van der Waals surface area contributed by atoms with E-state index in [1.165, 1.54) is 36.4 Å². The molecule has 1 fully saturated rings. The van der Waals surface area contributed by atoms with Gasteiger partial charge in [0, 0.05) is 28.9 Å². The Balaban J connectivity index is 2.00. The quantitative estimate of drug-likeness (QED) is 0.212. The summed E-state index contributed by atoms with van der Waals surface area (Å²) in [5.74, 6) is -3.22. The van der Waals surface area contributed by atoms with Crippen LogP contribution >= 0.6 is 0 Å². The minimum absolute atomic E-state index is 0.0157. The summed E-state index contributed by atoms with van der Waals surface area (Å²) in [5, 5.41) is 22.2. The first-order valence-electron chi connectivity index (χ1n) is 9.67. The lowest BCUT2D eigenvalue weighted by molar-refractivity contribution is -0.384. The fourth-order valence-electron chi connectivity index (χ4n) is 3.83. The van der Waals surface area contributed by atoms with E-state index in [4.69, 9.17) is 0 Å². The molecule has 4 rings (SSSR count). The van der Waals surface area contributed by atoms with Crippen LogP contribution in [0.25, 0.3) is 5.76 Å². The number of aliphatic hydroxyl groups is 1.